The van der Waals surface area contributed by atoms with Crippen LogP contribution in [0, 0.1) is 0 Å². The minimum atomic E-state index is -0.176. The number of para-hydroxylation sites is 1. The Morgan fingerprint density at radius 3 is 2.56 bits per heavy atom. The second kappa shape index (κ2) is 7.61. The standard InChI is InChI=1S/C21H17N5O/c27-21(18-10-6-11-19(14-18)26-15-22-24-25-26)23-20-12-5-4-9-17(20)13-16-7-2-1-3-8-16/h1-12,14-15H,13H2,(H,23,27). The van der Waals surface area contributed by atoms with Crippen molar-refractivity contribution in [2.24, 2.45) is 0 Å². The van der Waals surface area contributed by atoms with Crippen molar-refractivity contribution in [2.75, 3.05) is 5.32 Å². The molecule has 0 saturated carbocycles. The first-order valence-electron chi connectivity index (χ1n) is 8.56. The molecule has 0 bridgehead atoms. The SMILES string of the molecule is O=C(Nc1ccccc1Cc1ccccc1)c1cccc(-n2cnnn2)c1. The summed E-state index contributed by atoms with van der Waals surface area (Å²) in [5.41, 5.74) is 4.33. The van der Waals surface area contributed by atoms with Crippen molar-refractivity contribution in [3.8, 4) is 5.69 Å². The van der Waals surface area contributed by atoms with Gasteiger partial charge in [-0.1, -0.05) is 54.6 Å². The van der Waals surface area contributed by atoms with Crippen molar-refractivity contribution in [1.82, 2.24) is 20.2 Å². The number of nitrogens with one attached hydrogen (secondary N) is 1. The largest absolute Gasteiger partial charge is 0.322 e. The Hall–Kier alpha value is -3.80. The highest BCUT2D eigenvalue weighted by atomic mass is 16.1. The lowest BCUT2D eigenvalue weighted by Crippen LogP contribution is -2.14. The average molecular weight is 355 g/mol. The number of hydrogen-bond acceptors (Lipinski definition) is 4. The highest BCUT2D eigenvalue weighted by Crippen LogP contribution is 2.20. The van der Waals surface area contributed by atoms with Crippen molar-refractivity contribution in [1.29, 1.82) is 0 Å². The molecule has 0 aliphatic heterocycles. The van der Waals surface area contributed by atoms with Crippen LogP contribution in [0.1, 0.15) is 21.5 Å². The predicted molar refractivity (Wildman–Crippen MR) is 103 cm³/mol. The Balaban J connectivity index is 1.56. The number of nitrogens with zero attached hydrogens (tertiary/aromatic N) is 4. The first-order chi connectivity index (χ1) is 13.3. The Labute approximate surface area is 156 Å². The third-order valence-corrected chi connectivity index (χ3v) is 4.22. The third-order valence-electron chi connectivity index (χ3n) is 4.22. The lowest BCUT2D eigenvalue weighted by molar-refractivity contribution is 0.102. The van der Waals surface area contributed by atoms with E-state index in [0.717, 1.165) is 23.4 Å². The molecule has 0 aliphatic carbocycles. The topological polar surface area (TPSA) is 72.7 Å². The summed E-state index contributed by atoms with van der Waals surface area (Å²) in [5.74, 6) is -0.176. The van der Waals surface area contributed by atoms with E-state index in [1.54, 1.807) is 12.1 Å². The number of carbonyl (C=O) groups is 1. The molecule has 132 valence electrons. The van der Waals surface area contributed by atoms with E-state index in [2.05, 4.69) is 33.0 Å². The molecule has 1 heterocycles. The number of aromatic nitrogens is 4. The average Bonchev–Trinajstić information content (AvgIpc) is 3.25. The Morgan fingerprint density at radius 1 is 0.926 bits per heavy atom. The lowest BCUT2D eigenvalue weighted by atomic mass is 10.0. The summed E-state index contributed by atoms with van der Waals surface area (Å²) in [6.07, 6.45) is 2.24. The molecule has 0 spiro atoms. The van der Waals surface area contributed by atoms with Crippen LogP contribution in [-0.2, 0) is 6.42 Å². The predicted octanol–water partition coefficient (Wildman–Crippen LogP) is 3.51. The van der Waals surface area contributed by atoms with Gasteiger partial charge in [0.2, 0.25) is 0 Å². The third kappa shape index (κ3) is 3.90. The van der Waals surface area contributed by atoms with Crippen LogP contribution in [0.5, 0.6) is 0 Å². The number of benzene rings is 3. The monoisotopic (exact) mass is 355 g/mol. The molecule has 27 heavy (non-hydrogen) atoms. The normalized spacial score (nSPS) is 10.5. The van der Waals surface area contributed by atoms with E-state index < -0.39 is 0 Å². The maximum Gasteiger partial charge on any atom is 0.255 e. The van der Waals surface area contributed by atoms with E-state index in [-0.39, 0.29) is 5.91 Å². The molecule has 1 N–H and O–H groups in total. The van der Waals surface area contributed by atoms with Crippen LogP contribution in [0.2, 0.25) is 0 Å². The molecule has 0 saturated heterocycles. The van der Waals surface area contributed by atoms with Gasteiger partial charge in [0, 0.05) is 11.3 Å². The van der Waals surface area contributed by atoms with Crippen LogP contribution in [0.25, 0.3) is 5.69 Å². The van der Waals surface area contributed by atoms with Gasteiger partial charge in [-0.2, -0.15) is 0 Å². The van der Waals surface area contributed by atoms with Gasteiger partial charge in [-0.15, -0.1) is 5.10 Å². The lowest BCUT2D eigenvalue weighted by Gasteiger charge is -2.12. The molecule has 6 nitrogen and oxygen atoms in total. The van der Waals surface area contributed by atoms with Crippen molar-refractivity contribution < 1.29 is 4.79 Å². The second-order valence-electron chi connectivity index (χ2n) is 6.08. The molecule has 3 aromatic carbocycles. The Kier molecular flexibility index (Phi) is 4.70. The summed E-state index contributed by atoms with van der Waals surface area (Å²) >= 11 is 0. The zero-order valence-corrected chi connectivity index (χ0v) is 14.5. The molecule has 1 aromatic heterocycles. The van der Waals surface area contributed by atoms with Crippen LogP contribution in [-0.4, -0.2) is 26.1 Å². The van der Waals surface area contributed by atoms with Gasteiger partial charge in [-0.3, -0.25) is 4.79 Å². The fourth-order valence-electron chi connectivity index (χ4n) is 2.88. The summed E-state index contributed by atoms with van der Waals surface area (Å²) in [6, 6.07) is 25.2. The zero-order valence-electron chi connectivity index (χ0n) is 14.5. The number of amides is 1. The number of anilines is 1. The van der Waals surface area contributed by atoms with Crippen LogP contribution in [0.3, 0.4) is 0 Å². The van der Waals surface area contributed by atoms with E-state index in [4.69, 9.17) is 0 Å². The van der Waals surface area contributed by atoms with Gasteiger partial charge in [0.15, 0.2) is 0 Å². The highest BCUT2D eigenvalue weighted by Gasteiger charge is 2.11. The highest BCUT2D eigenvalue weighted by molar-refractivity contribution is 6.05. The summed E-state index contributed by atoms with van der Waals surface area (Å²) in [6.45, 7) is 0. The minimum Gasteiger partial charge on any atom is -0.322 e. The van der Waals surface area contributed by atoms with Gasteiger partial charge in [-0.25, -0.2) is 4.68 Å². The van der Waals surface area contributed by atoms with Crippen LogP contribution in [0.4, 0.5) is 5.69 Å². The number of hydrogen-bond donors (Lipinski definition) is 1. The van der Waals surface area contributed by atoms with Gasteiger partial charge < -0.3 is 5.32 Å². The molecular weight excluding hydrogens is 338 g/mol. The van der Waals surface area contributed by atoms with Gasteiger partial charge in [0.1, 0.15) is 6.33 Å². The molecule has 0 fully saturated rings. The zero-order chi connectivity index (χ0) is 18.5. The summed E-state index contributed by atoms with van der Waals surface area (Å²) < 4.78 is 1.51. The van der Waals surface area contributed by atoms with Crippen molar-refractivity contribution in [3.63, 3.8) is 0 Å². The van der Waals surface area contributed by atoms with Crippen molar-refractivity contribution in [2.45, 2.75) is 6.42 Å². The molecule has 1 amide bonds. The molecule has 0 radical (unpaired) electrons. The molecule has 0 atom stereocenters. The molecule has 6 heteroatoms. The van der Waals surface area contributed by atoms with E-state index in [9.17, 15) is 4.79 Å². The fourth-order valence-corrected chi connectivity index (χ4v) is 2.88. The Morgan fingerprint density at radius 2 is 1.74 bits per heavy atom. The van der Waals surface area contributed by atoms with Crippen molar-refractivity contribution in [3.05, 3.63) is 102 Å². The quantitative estimate of drug-likeness (QED) is 0.595. The first-order valence-corrected chi connectivity index (χ1v) is 8.56. The van der Waals surface area contributed by atoms with E-state index in [1.165, 1.54) is 16.6 Å². The summed E-state index contributed by atoms with van der Waals surface area (Å²) in [7, 11) is 0. The van der Waals surface area contributed by atoms with E-state index in [1.807, 2.05) is 54.6 Å². The van der Waals surface area contributed by atoms with Crippen LogP contribution < -0.4 is 5.32 Å². The summed E-state index contributed by atoms with van der Waals surface area (Å²) in [5, 5.41) is 14.1. The van der Waals surface area contributed by atoms with Gasteiger partial charge >= 0.3 is 0 Å². The molecule has 0 aliphatic rings. The molecule has 0 unspecified atom stereocenters. The Bertz CT molecular complexity index is 1050. The fraction of sp³-hybridized carbons (Fsp3) is 0.0476. The van der Waals surface area contributed by atoms with Gasteiger partial charge in [0.05, 0.1) is 5.69 Å². The molecule has 4 aromatic rings. The van der Waals surface area contributed by atoms with Gasteiger partial charge in [0.25, 0.3) is 5.91 Å². The number of tetrazole rings is 1. The maximum absolute atomic E-state index is 12.8. The summed E-state index contributed by atoms with van der Waals surface area (Å²) in [4.78, 5) is 12.8. The van der Waals surface area contributed by atoms with Crippen LogP contribution in [0.15, 0.2) is 85.2 Å². The second-order valence-corrected chi connectivity index (χ2v) is 6.08. The first kappa shape index (κ1) is 16.7. The van der Waals surface area contributed by atoms with Crippen LogP contribution >= 0.6 is 0 Å². The smallest absolute Gasteiger partial charge is 0.255 e. The molecule has 4 rings (SSSR count). The van der Waals surface area contributed by atoms with Crippen molar-refractivity contribution >= 4 is 11.6 Å². The number of carbonyl (C=O) groups excluding carboxylic acids is 1. The minimum absolute atomic E-state index is 0.176. The van der Waals surface area contributed by atoms with Gasteiger partial charge in [-0.05, 0) is 52.2 Å². The van der Waals surface area contributed by atoms with E-state index in [0.29, 0.717) is 5.56 Å². The molecular formula is C21H17N5O. The maximum atomic E-state index is 12.8. The number of rotatable bonds is 5. The van der Waals surface area contributed by atoms with E-state index >= 15 is 0 Å².